The molecule has 0 aliphatic carbocycles. The molecule has 4 heteroatoms. The van der Waals surface area contributed by atoms with Crippen LogP contribution in [0, 0.1) is 6.92 Å². The Morgan fingerprint density at radius 3 is 2.43 bits per heavy atom. The fourth-order valence-corrected chi connectivity index (χ4v) is 2.83. The van der Waals surface area contributed by atoms with Gasteiger partial charge in [-0.1, -0.05) is 71.9 Å². The highest BCUT2D eigenvalue weighted by Crippen LogP contribution is 2.19. The monoisotopic (exact) mass is 295 g/mol. The Kier molecular flexibility index (Phi) is 4.36. The molecule has 3 rings (SSSR count). The Bertz CT molecular complexity index is 690. The first-order valence-electron chi connectivity index (χ1n) is 6.93. The van der Waals surface area contributed by atoms with E-state index >= 15 is 0 Å². The van der Waals surface area contributed by atoms with E-state index in [0.717, 1.165) is 23.2 Å². The molecule has 1 N–H and O–H groups in total. The second-order valence-corrected chi connectivity index (χ2v) is 5.98. The highest BCUT2D eigenvalue weighted by Gasteiger charge is 2.04. The summed E-state index contributed by atoms with van der Waals surface area (Å²) in [7, 11) is 0. The molecule has 0 radical (unpaired) electrons. The van der Waals surface area contributed by atoms with E-state index in [1.807, 2.05) is 18.2 Å². The van der Waals surface area contributed by atoms with Crippen molar-refractivity contribution in [2.75, 3.05) is 0 Å². The topological polar surface area (TPSA) is 41.6 Å². The molecule has 0 amide bonds. The van der Waals surface area contributed by atoms with Gasteiger partial charge in [-0.05, 0) is 18.1 Å². The first-order valence-corrected chi connectivity index (χ1v) is 7.92. The number of nitrogens with zero attached hydrogens (tertiary/aromatic N) is 2. The predicted octanol–water partition coefficient (Wildman–Crippen LogP) is 4.00. The number of hydrogen-bond acceptors (Lipinski definition) is 3. The standard InChI is InChI=1S/C17H17N3S/c1-13-7-9-15(10-8-13)12-21-17-18-16(19-20-17)11-14-5-3-2-4-6-14/h2-10H,11-12H2,1H3,(H,18,19,20). The Morgan fingerprint density at radius 1 is 0.905 bits per heavy atom. The van der Waals surface area contributed by atoms with E-state index in [0.29, 0.717) is 0 Å². The zero-order valence-corrected chi connectivity index (χ0v) is 12.7. The summed E-state index contributed by atoms with van der Waals surface area (Å²) < 4.78 is 0. The molecule has 3 aromatic rings. The molecule has 0 atom stereocenters. The quantitative estimate of drug-likeness (QED) is 0.723. The average molecular weight is 295 g/mol. The van der Waals surface area contributed by atoms with Gasteiger partial charge < -0.3 is 4.98 Å². The molecule has 0 spiro atoms. The largest absolute Gasteiger partial charge is 0.320 e. The van der Waals surface area contributed by atoms with Gasteiger partial charge in [0, 0.05) is 12.2 Å². The lowest BCUT2D eigenvalue weighted by molar-refractivity contribution is 0.956. The van der Waals surface area contributed by atoms with Crippen LogP contribution in [0.15, 0.2) is 59.8 Å². The summed E-state index contributed by atoms with van der Waals surface area (Å²) in [4.78, 5) is 3.28. The molecule has 0 unspecified atom stereocenters. The molecular weight excluding hydrogens is 278 g/mol. The van der Waals surface area contributed by atoms with Crippen molar-refractivity contribution in [3.8, 4) is 0 Å². The number of aromatic amines is 1. The zero-order valence-electron chi connectivity index (χ0n) is 11.9. The van der Waals surface area contributed by atoms with Crippen LogP contribution in [0.5, 0.6) is 0 Å². The van der Waals surface area contributed by atoms with E-state index in [4.69, 9.17) is 0 Å². The van der Waals surface area contributed by atoms with Gasteiger partial charge in [0.1, 0.15) is 5.82 Å². The van der Waals surface area contributed by atoms with Gasteiger partial charge in [-0.3, -0.25) is 0 Å². The van der Waals surface area contributed by atoms with Gasteiger partial charge in [0.25, 0.3) is 0 Å². The smallest absolute Gasteiger partial charge is 0.188 e. The van der Waals surface area contributed by atoms with E-state index < -0.39 is 0 Å². The minimum Gasteiger partial charge on any atom is -0.320 e. The lowest BCUT2D eigenvalue weighted by Gasteiger charge is -1.99. The van der Waals surface area contributed by atoms with Crippen molar-refractivity contribution in [2.45, 2.75) is 24.3 Å². The number of hydrogen-bond donors (Lipinski definition) is 1. The number of nitrogens with one attached hydrogen (secondary N) is 1. The van der Waals surface area contributed by atoms with E-state index in [9.17, 15) is 0 Å². The first-order chi connectivity index (χ1) is 10.3. The number of rotatable bonds is 5. The van der Waals surface area contributed by atoms with Crippen LogP contribution < -0.4 is 0 Å². The first kappa shape index (κ1) is 13.9. The van der Waals surface area contributed by atoms with Crippen LogP contribution in [0.3, 0.4) is 0 Å². The second kappa shape index (κ2) is 6.59. The Hall–Kier alpha value is -2.07. The molecule has 2 aromatic carbocycles. The molecular formula is C17H17N3S. The maximum atomic E-state index is 4.21. The highest BCUT2D eigenvalue weighted by molar-refractivity contribution is 7.98. The van der Waals surface area contributed by atoms with Gasteiger partial charge in [0.05, 0.1) is 0 Å². The van der Waals surface area contributed by atoms with Crippen molar-refractivity contribution in [1.29, 1.82) is 0 Å². The van der Waals surface area contributed by atoms with Crippen molar-refractivity contribution < 1.29 is 0 Å². The van der Waals surface area contributed by atoms with Gasteiger partial charge in [0.2, 0.25) is 0 Å². The highest BCUT2D eigenvalue weighted by atomic mass is 32.2. The lowest BCUT2D eigenvalue weighted by Crippen LogP contribution is -1.90. The number of benzene rings is 2. The summed E-state index contributed by atoms with van der Waals surface area (Å²) in [6.07, 6.45) is 0.791. The SMILES string of the molecule is Cc1ccc(CSc2nnc(Cc3ccccc3)[nH]2)cc1. The van der Waals surface area contributed by atoms with Crippen molar-refractivity contribution in [3.63, 3.8) is 0 Å². The Morgan fingerprint density at radius 2 is 1.67 bits per heavy atom. The molecule has 0 saturated heterocycles. The van der Waals surface area contributed by atoms with Gasteiger partial charge in [-0.25, -0.2) is 0 Å². The summed E-state index contributed by atoms with van der Waals surface area (Å²) >= 11 is 1.68. The Balaban J connectivity index is 1.59. The lowest BCUT2D eigenvalue weighted by atomic mass is 10.1. The van der Waals surface area contributed by atoms with Crippen LogP contribution in [-0.2, 0) is 12.2 Å². The number of aromatic nitrogens is 3. The maximum absolute atomic E-state index is 4.21. The second-order valence-electron chi connectivity index (χ2n) is 5.01. The van der Waals surface area contributed by atoms with Gasteiger partial charge >= 0.3 is 0 Å². The third kappa shape index (κ3) is 3.95. The third-order valence-electron chi connectivity index (χ3n) is 3.22. The van der Waals surface area contributed by atoms with E-state index in [2.05, 4.69) is 58.5 Å². The van der Waals surface area contributed by atoms with Crippen LogP contribution in [0.4, 0.5) is 0 Å². The molecule has 0 saturated carbocycles. The molecule has 0 fully saturated rings. The minimum atomic E-state index is 0.791. The fourth-order valence-electron chi connectivity index (χ4n) is 2.05. The molecule has 21 heavy (non-hydrogen) atoms. The van der Waals surface area contributed by atoms with E-state index in [-0.39, 0.29) is 0 Å². The van der Waals surface area contributed by atoms with Crippen LogP contribution in [-0.4, -0.2) is 15.2 Å². The summed E-state index contributed by atoms with van der Waals surface area (Å²) in [5.41, 5.74) is 3.82. The zero-order chi connectivity index (χ0) is 14.5. The summed E-state index contributed by atoms with van der Waals surface area (Å²) in [6.45, 7) is 2.10. The molecule has 0 aliphatic heterocycles. The molecule has 0 aliphatic rings. The molecule has 1 heterocycles. The molecule has 3 nitrogen and oxygen atoms in total. The van der Waals surface area contributed by atoms with Crippen molar-refractivity contribution in [1.82, 2.24) is 15.2 Å². The van der Waals surface area contributed by atoms with Crippen molar-refractivity contribution in [2.24, 2.45) is 0 Å². The van der Waals surface area contributed by atoms with Crippen molar-refractivity contribution >= 4 is 11.8 Å². The van der Waals surface area contributed by atoms with Gasteiger partial charge in [-0.15, -0.1) is 10.2 Å². The van der Waals surface area contributed by atoms with Gasteiger partial charge in [0.15, 0.2) is 5.16 Å². The summed E-state index contributed by atoms with van der Waals surface area (Å²) in [6, 6.07) is 18.9. The number of aryl methyl sites for hydroxylation is 1. The maximum Gasteiger partial charge on any atom is 0.188 e. The molecule has 0 bridgehead atoms. The summed E-state index contributed by atoms with van der Waals surface area (Å²) in [5, 5.41) is 9.29. The average Bonchev–Trinajstić information content (AvgIpc) is 2.95. The predicted molar refractivity (Wildman–Crippen MR) is 86.4 cm³/mol. The number of thioether (sulfide) groups is 1. The Labute approximate surface area is 128 Å². The number of H-pyrrole nitrogens is 1. The normalized spacial score (nSPS) is 10.7. The van der Waals surface area contributed by atoms with Crippen LogP contribution in [0.25, 0.3) is 0 Å². The molecule has 1 aromatic heterocycles. The van der Waals surface area contributed by atoms with E-state index in [1.165, 1.54) is 16.7 Å². The van der Waals surface area contributed by atoms with Crippen LogP contribution in [0.2, 0.25) is 0 Å². The van der Waals surface area contributed by atoms with Crippen LogP contribution >= 0.6 is 11.8 Å². The minimum absolute atomic E-state index is 0.791. The van der Waals surface area contributed by atoms with Gasteiger partial charge in [-0.2, -0.15) is 0 Å². The fraction of sp³-hybridized carbons (Fsp3) is 0.176. The van der Waals surface area contributed by atoms with E-state index in [1.54, 1.807) is 11.8 Å². The summed E-state index contributed by atoms with van der Waals surface area (Å²) in [5.74, 6) is 1.81. The third-order valence-corrected chi connectivity index (χ3v) is 4.16. The van der Waals surface area contributed by atoms with Crippen molar-refractivity contribution in [3.05, 3.63) is 77.1 Å². The molecule has 106 valence electrons. The van der Waals surface area contributed by atoms with Crippen LogP contribution in [0.1, 0.15) is 22.5 Å².